The number of rotatable bonds is 9. The number of benzene rings is 1. The predicted octanol–water partition coefficient (Wildman–Crippen LogP) is 3.59. The lowest BCUT2D eigenvalue weighted by Gasteiger charge is -2.30. The molecule has 146 valence electrons. The topological polar surface area (TPSA) is 72.6 Å². The van der Waals surface area contributed by atoms with Gasteiger partial charge in [0.15, 0.2) is 5.78 Å². The van der Waals surface area contributed by atoms with Crippen molar-refractivity contribution in [3.8, 4) is 5.75 Å². The Balaban J connectivity index is 0.00000338. The van der Waals surface area contributed by atoms with Crippen LogP contribution in [-0.4, -0.2) is 42.3 Å². The van der Waals surface area contributed by atoms with Gasteiger partial charge in [0, 0.05) is 37.5 Å². The summed E-state index contributed by atoms with van der Waals surface area (Å²) in [5.41, 5.74) is 6.48. The van der Waals surface area contributed by atoms with E-state index in [1.54, 1.807) is 12.1 Å². The zero-order chi connectivity index (χ0) is 18.1. The van der Waals surface area contributed by atoms with Gasteiger partial charge in [0.1, 0.15) is 5.75 Å². The number of unbranched alkanes of at least 4 members (excludes halogenated alkanes) is 2. The number of ether oxygens (including phenoxy) is 1. The maximum Gasteiger partial charge on any atom is 0.223 e. The summed E-state index contributed by atoms with van der Waals surface area (Å²) in [6, 6.07) is 7.41. The number of ketones is 1. The van der Waals surface area contributed by atoms with Crippen molar-refractivity contribution in [3.63, 3.8) is 0 Å². The van der Waals surface area contributed by atoms with Crippen LogP contribution in [0.1, 0.15) is 62.2 Å². The fourth-order valence-electron chi connectivity index (χ4n) is 2.95. The second-order valence-corrected chi connectivity index (χ2v) is 6.72. The first kappa shape index (κ1) is 22.5. The largest absolute Gasteiger partial charge is 0.494 e. The summed E-state index contributed by atoms with van der Waals surface area (Å²) in [4.78, 5) is 26.3. The second kappa shape index (κ2) is 11.9. The molecule has 1 heterocycles. The highest BCUT2D eigenvalue weighted by Gasteiger charge is 2.21. The number of carbonyl (C=O) groups excluding carboxylic acids is 2. The van der Waals surface area contributed by atoms with Crippen molar-refractivity contribution in [2.24, 2.45) is 5.73 Å². The summed E-state index contributed by atoms with van der Waals surface area (Å²) >= 11 is 0. The average molecular weight is 383 g/mol. The molecule has 0 atom stereocenters. The van der Waals surface area contributed by atoms with Gasteiger partial charge in [-0.05, 0) is 43.5 Å². The van der Waals surface area contributed by atoms with E-state index < -0.39 is 0 Å². The molecule has 0 aliphatic carbocycles. The monoisotopic (exact) mass is 382 g/mol. The maximum absolute atomic E-state index is 12.3. The highest BCUT2D eigenvalue weighted by atomic mass is 35.5. The van der Waals surface area contributed by atoms with Crippen LogP contribution in [0.3, 0.4) is 0 Å². The summed E-state index contributed by atoms with van der Waals surface area (Å²) in [6.45, 7) is 4.27. The lowest BCUT2D eigenvalue weighted by atomic mass is 10.0. The summed E-state index contributed by atoms with van der Waals surface area (Å²) < 4.78 is 5.65. The fourth-order valence-corrected chi connectivity index (χ4v) is 2.95. The Morgan fingerprint density at radius 1 is 1.12 bits per heavy atom. The van der Waals surface area contributed by atoms with Crippen LogP contribution in [0.4, 0.5) is 0 Å². The van der Waals surface area contributed by atoms with Gasteiger partial charge in [-0.2, -0.15) is 0 Å². The van der Waals surface area contributed by atoms with Gasteiger partial charge >= 0.3 is 0 Å². The molecule has 0 aromatic heterocycles. The molecule has 0 saturated carbocycles. The summed E-state index contributed by atoms with van der Waals surface area (Å²) in [7, 11) is 0. The van der Waals surface area contributed by atoms with Gasteiger partial charge in [0.05, 0.1) is 6.61 Å². The van der Waals surface area contributed by atoms with E-state index in [1.807, 2.05) is 17.0 Å². The number of hydrogen-bond acceptors (Lipinski definition) is 4. The molecule has 2 N–H and O–H groups in total. The van der Waals surface area contributed by atoms with Crippen molar-refractivity contribution in [1.29, 1.82) is 0 Å². The highest BCUT2D eigenvalue weighted by molar-refractivity contribution is 5.98. The van der Waals surface area contributed by atoms with Gasteiger partial charge in [-0.15, -0.1) is 12.4 Å². The Kier molecular flexibility index (Phi) is 10.3. The Labute approximate surface area is 162 Å². The molecule has 5 nitrogen and oxygen atoms in total. The minimum atomic E-state index is -0.000376. The van der Waals surface area contributed by atoms with Crippen LogP contribution in [0.5, 0.6) is 5.75 Å². The number of Topliss-reactive ketones (excluding diaryl/α,β-unsaturated/α-hetero) is 1. The number of hydrogen-bond donors (Lipinski definition) is 1. The van der Waals surface area contributed by atoms with Crippen LogP contribution in [-0.2, 0) is 4.79 Å². The molecule has 1 amide bonds. The molecule has 1 aliphatic heterocycles. The lowest BCUT2D eigenvalue weighted by molar-refractivity contribution is -0.132. The number of nitrogens with two attached hydrogens (primary N) is 1. The summed E-state index contributed by atoms with van der Waals surface area (Å²) in [6.07, 6.45) is 5.58. The quantitative estimate of drug-likeness (QED) is 0.523. The Morgan fingerprint density at radius 2 is 1.77 bits per heavy atom. The molecule has 1 aliphatic rings. The van der Waals surface area contributed by atoms with Crippen LogP contribution in [0, 0.1) is 0 Å². The predicted molar refractivity (Wildman–Crippen MR) is 106 cm³/mol. The normalized spacial score (nSPS) is 14.6. The third-order valence-electron chi connectivity index (χ3n) is 4.65. The first-order valence-electron chi connectivity index (χ1n) is 9.39. The Morgan fingerprint density at radius 3 is 2.38 bits per heavy atom. The SMILES string of the molecule is CCCCCOc1ccc(C(=O)CCC(=O)N2CCC(N)CC2)cc1.Cl. The van der Waals surface area contributed by atoms with Crippen LogP contribution in [0.25, 0.3) is 0 Å². The van der Waals surface area contributed by atoms with Crippen LogP contribution in [0.2, 0.25) is 0 Å². The molecular weight excluding hydrogens is 352 g/mol. The Hall–Kier alpha value is -1.59. The van der Waals surface area contributed by atoms with Crippen molar-refractivity contribution >= 4 is 24.1 Å². The third kappa shape index (κ3) is 7.34. The molecule has 2 rings (SSSR count). The van der Waals surface area contributed by atoms with Gasteiger partial charge in [0.2, 0.25) is 5.91 Å². The number of likely N-dealkylation sites (tertiary alicyclic amines) is 1. The summed E-state index contributed by atoms with van der Waals surface area (Å²) in [5, 5.41) is 0. The number of amides is 1. The summed E-state index contributed by atoms with van der Waals surface area (Å²) in [5.74, 6) is 0.837. The van der Waals surface area contributed by atoms with E-state index in [0.29, 0.717) is 25.3 Å². The van der Waals surface area contributed by atoms with E-state index in [9.17, 15) is 9.59 Å². The van der Waals surface area contributed by atoms with Crippen molar-refractivity contribution in [1.82, 2.24) is 4.90 Å². The van der Waals surface area contributed by atoms with E-state index in [2.05, 4.69) is 6.92 Å². The number of piperidine rings is 1. The van der Waals surface area contributed by atoms with Gasteiger partial charge in [-0.3, -0.25) is 9.59 Å². The van der Waals surface area contributed by atoms with E-state index in [-0.39, 0.29) is 43.0 Å². The number of halogens is 1. The molecule has 0 radical (unpaired) electrons. The van der Waals surface area contributed by atoms with Crippen LogP contribution >= 0.6 is 12.4 Å². The number of carbonyl (C=O) groups is 2. The molecule has 1 saturated heterocycles. The number of nitrogens with zero attached hydrogens (tertiary/aromatic N) is 1. The second-order valence-electron chi connectivity index (χ2n) is 6.72. The van der Waals surface area contributed by atoms with E-state index in [4.69, 9.17) is 10.5 Å². The smallest absolute Gasteiger partial charge is 0.223 e. The third-order valence-corrected chi connectivity index (χ3v) is 4.65. The van der Waals surface area contributed by atoms with Crippen LogP contribution in [0.15, 0.2) is 24.3 Å². The molecule has 0 unspecified atom stereocenters. The van der Waals surface area contributed by atoms with Crippen molar-refractivity contribution in [2.75, 3.05) is 19.7 Å². The first-order chi connectivity index (χ1) is 12.1. The van der Waals surface area contributed by atoms with Gasteiger partial charge in [-0.1, -0.05) is 19.8 Å². The van der Waals surface area contributed by atoms with Crippen molar-refractivity contribution in [2.45, 2.75) is 57.9 Å². The van der Waals surface area contributed by atoms with Crippen molar-refractivity contribution < 1.29 is 14.3 Å². The zero-order valence-corrected chi connectivity index (χ0v) is 16.4. The van der Waals surface area contributed by atoms with Gasteiger partial charge < -0.3 is 15.4 Å². The van der Waals surface area contributed by atoms with E-state index in [1.165, 1.54) is 6.42 Å². The minimum Gasteiger partial charge on any atom is -0.494 e. The standard InChI is InChI=1S/C20H30N2O3.ClH/c1-2-3-4-15-25-18-7-5-16(6-8-18)19(23)9-10-20(24)22-13-11-17(21)12-14-22;/h5-8,17H,2-4,9-15,21H2,1H3;1H. The molecule has 1 aromatic carbocycles. The molecule has 1 fully saturated rings. The molecule has 0 spiro atoms. The maximum atomic E-state index is 12.3. The van der Waals surface area contributed by atoms with Gasteiger partial charge in [-0.25, -0.2) is 0 Å². The van der Waals surface area contributed by atoms with Crippen LogP contribution < -0.4 is 10.5 Å². The molecular formula is C20H31ClN2O3. The zero-order valence-electron chi connectivity index (χ0n) is 15.6. The van der Waals surface area contributed by atoms with Gasteiger partial charge in [0.25, 0.3) is 0 Å². The van der Waals surface area contributed by atoms with E-state index in [0.717, 1.165) is 31.4 Å². The van der Waals surface area contributed by atoms with Crippen molar-refractivity contribution in [3.05, 3.63) is 29.8 Å². The molecule has 6 heteroatoms. The lowest BCUT2D eigenvalue weighted by Crippen LogP contribution is -2.42. The minimum absolute atomic E-state index is 0. The molecule has 0 bridgehead atoms. The molecule has 26 heavy (non-hydrogen) atoms. The Bertz CT molecular complexity index is 555. The van der Waals surface area contributed by atoms with E-state index >= 15 is 0 Å². The highest BCUT2D eigenvalue weighted by Crippen LogP contribution is 2.16. The fraction of sp³-hybridized carbons (Fsp3) is 0.600. The first-order valence-corrected chi connectivity index (χ1v) is 9.39. The molecule has 1 aromatic rings. The average Bonchev–Trinajstić information content (AvgIpc) is 2.64.